The Labute approximate surface area is 163 Å². The fourth-order valence-corrected chi connectivity index (χ4v) is 2.33. The van der Waals surface area contributed by atoms with Crippen LogP contribution in [0.25, 0.3) is 6.08 Å². The van der Waals surface area contributed by atoms with Crippen LogP contribution >= 0.6 is 0 Å². The Hall–Kier alpha value is -3.23. The molecule has 28 heavy (non-hydrogen) atoms. The highest BCUT2D eigenvalue weighted by Gasteiger charge is 2.20. The van der Waals surface area contributed by atoms with Crippen LogP contribution in [0, 0.1) is 0 Å². The highest BCUT2D eigenvalue weighted by Crippen LogP contribution is 2.40. The lowest BCUT2D eigenvalue weighted by atomic mass is 10.1. The molecule has 9 nitrogen and oxygen atoms in total. The molecule has 0 spiro atoms. The van der Waals surface area contributed by atoms with E-state index in [-0.39, 0.29) is 6.04 Å². The summed E-state index contributed by atoms with van der Waals surface area (Å²) in [7, 11) is 1.51. The molecule has 0 unspecified atom stereocenters. The standard InChI is InChI=1S/C19H24N2O7/c1-11(2)20-19(24)21-18(23)12(3)28-16(22)6-5-13-9-14(25-4)17-15(10-13)26-7-8-27-17/h5-6,9-12H,7-8H2,1-4H3,(H2,20,21,23,24)/b6-5+/t12-/m1/s1. The van der Waals surface area contributed by atoms with Crippen LogP contribution in [0.3, 0.4) is 0 Å². The van der Waals surface area contributed by atoms with Crippen LogP contribution in [0.1, 0.15) is 26.3 Å². The smallest absolute Gasteiger partial charge is 0.331 e. The summed E-state index contributed by atoms with van der Waals surface area (Å²) in [6.07, 6.45) is 1.53. The van der Waals surface area contributed by atoms with E-state index in [0.29, 0.717) is 36.0 Å². The maximum Gasteiger partial charge on any atom is 0.331 e. The van der Waals surface area contributed by atoms with Crippen LogP contribution < -0.4 is 24.8 Å². The number of carbonyl (C=O) groups is 3. The van der Waals surface area contributed by atoms with Crippen molar-refractivity contribution in [2.75, 3.05) is 20.3 Å². The van der Waals surface area contributed by atoms with Crippen LogP contribution in [0.2, 0.25) is 0 Å². The molecular weight excluding hydrogens is 368 g/mol. The van der Waals surface area contributed by atoms with Gasteiger partial charge in [-0.1, -0.05) is 0 Å². The first-order chi connectivity index (χ1) is 13.3. The van der Waals surface area contributed by atoms with Crippen LogP contribution in [-0.4, -0.2) is 50.4 Å². The Morgan fingerprint density at radius 3 is 2.54 bits per heavy atom. The molecule has 1 aliphatic heterocycles. The number of nitrogens with one attached hydrogen (secondary N) is 2. The lowest BCUT2D eigenvalue weighted by Crippen LogP contribution is -2.46. The highest BCUT2D eigenvalue weighted by atomic mass is 16.6. The normalized spacial score (nSPS) is 13.8. The highest BCUT2D eigenvalue weighted by molar-refractivity contribution is 5.98. The molecule has 0 aromatic heterocycles. The maximum atomic E-state index is 12.0. The van der Waals surface area contributed by atoms with Crippen molar-refractivity contribution >= 4 is 24.0 Å². The van der Waals surface area contributed by atoms with E-state index in [1.54, 1.807) is 26.0 Å². The number of benzene rings is 1. The van der Waals surface area contributed by atoms with Gasteiger partial charge in [-0.25, -0.2) is 9.59 Å². The quantitative estimate of drug-likeness (QED) is 0.559. The third-order valence-electron chi connectivity index (χ3n) is 3.58. The Balaban J connectivity index is 1.96. The van der Waals surface area contributed by atoms with E-state index < -0.39 is 24.0 Å². The van der Waals surface area contributed by atoms with Crippen molar-refractivity contribution in [3.63, 3.8) is 0 Å². The third kappa shape index (κ3) is 5.90. The van der Waals surface area contributed by atoms with E-state index in [9.17, 15) is 14.4 Å². The van der Waals surface area contributed by atoms with Gasteiger partial charge in [0.05, 0.1) is 7.11 Å². The zero-order valence-electron chi connectivity index (χ0n) is 16.2. The molecule has 0 saturated heterocycles. The Bertz CT molecular complexity index is 757. The second-order valence-electron chi connectivity index (χ2n) is 6.28. The van der Waals surface area contributed by atoms with Crippen molar-refractivity contribution in [2.24, 2.45) is 0 Å². The summed E-state index contributed by atoms with van der Waals surface area (Å²) in [5.74, 6) is 0.0526. The number of amides is 3. The molecule has 3 amide bonds. The molecule has 152 valence electrons. The van der Waals surface area contributed by atoms with Gasteiger partial charge in [0.15, 0.2) is 17.6 Å². The molecule has 9 heteroatoms. The van der Waals surface area contributed by atoms with E-state index in [2.05, 4.69) is 10.6 Å². The van der Waals surface area contributed by atoms with Gasteiger partial charge in [-0.2, -0.15) is 0 Å². The fourth-order valence-electron chi connectivity index (χ4n) is 2.33. The van der Waals surface area contributed by atoms with Crippen LogP contribution in [0.15, 0.2) is 18.2 Å². The zero-order chi connectivity index (χ0) is 20.7. The molecule has 1 heterocycles. The zero-order valence-corrected chi connectivity index (χ0v) is 16.2. The van der Waals surface area contributed by atoms with Crippen molar-refractivity contribution < 1.29 is 33.3 Å². The number of hydrogen-bond acceptors (Lipinski definition) is 7. The number of esters is 1. The molecule has 1 aliphatic rings. The summed E-state index contributed by atoms with van der Waals surface area (Å²) in [6.45, 7) is 5.73. The lowest BCUT2D eigenvalue weighted by molar-refractivity contribution is -0.149. The molecule has 0 radical (unpaired) electrons. The van der Waals surface area contributed by atoms with E-state index in [1.807, 2.05) is 0 Å². The minimum atomic E-state index is -1.13. The van der Waals surface area contributed by atoms with Crippen molar-refractivity contribution in [1.29, 1.82) is 0 Å². The average molecular weight is 392 g/mol. The predicted octanol–water partition coefficient (Wildman–Crippen LogP) is 1.65. The largest absolute Gasteiger partial charge is 0.493 e. The van der Waals surface area contributed by atoms with Crippen molar-refractivity contribution in [2.45, 2.75) is 32.9 Å². The van der Waals surface area contributed by atoms with Gasteiger partial charge >= 0.3 is 12.0 Å². The summed E-state index contributed by atoms with van der Waals surface area (Å²) < 4.78 is 21.3. The second kappa shape index (κ2) is 9.63. The Morgan fingerprint density at radius 1 is 1.14 bits per heavy atom. The molecule has 0 bridgehead atoms. The molecular formula is C19H24N2O7. The van der Waals surface area contributed by atoms with Gasteiger partial charge in [-0.3, -0.25) is 10.1 Å². The number of imide groups is 1. The van der Waals surface area contributed by atoms with Gasteiger partial charge < -0.3 is 24.3 Å². The van der Waals surface area contributed by atoms with Crippen LogP contribution in [-0.2, 0) is 14.3 Å². The summed E-state index contributed by atoms with van der Waals surface area (Å²) in [5.41, 5.74) is 0.631. The maximum absolute atomic E-state index is 12.0. The molecule has 0 aliphatic carbocycles. The van der Waals surface area contributed by atoms with E-state index in [1.165, 1.54) is 26.2 Å². The van der Waals surface area contributed by atoms with Gasteiger partial charge in [0.1, 0.15) is 13.2 Å². The second-order valence-corrected chi connectivity index (χ2v) is 6.28. The van der Waals surface area contributed by atoms with Gasteiger partial charge in [0.25, 0.3) is 5.91 Å². The van der Waals surface area contributed by atoms with Gasteiger partial charge in [-0.05, 0) is 44.5 Å². The van der Waals surface area contributed by atoms with Crippen molar-refractivity contribution in [3.8, 4) is 17.2 Å². The minimum absolute atomic E-state index is 0.128. The number of rotatable bonds is 6. The van der Waals surface area contributed by atoms with Crippen LogP contribution in [0.4, 0.5) is 4.79 Å². The van der Waals surface area contributed by atoms with E-state index in [0.717, 1.165) is 0 Å². The molecule has 2 rings (SSSR count). The summed E-state index contributed by atoms with van der Waals surface area (Å²) in [6, 6.07) is 2.61. The summed E-state index contributed by atoms with van der Waals surface area (Å²) in [4.78, 5) is 35.3. The molecule has 1 atom stereocenters. The fraction of sp³-hybridized carbons (Fsp3) is 0.421. The number of fused-ring (bicyclic) bond motifs is 1. The topological polar surface area (TPSA) is 112 Å². The molecule has 1 aromatic carbocycles. The monoisotopic (exact) mass is 392 g/mol. The first-order valence-electron chi connectivity index (χ1n) is 8.77. The third-order valence-corrected chi connectivity index (χ3v) is 3.58. The number of methoxy groups -OCH3 is 1. The molecule has 2 N–H and O–H groups in total. The van der Waals surface area contributed by atoms with Crippen LogP contribution in [0.5, 0.6) is 17.2 Å². The summed E-state index contributed by atoms with van der Waals surface area (Å²) >= 11 is 0. The molecule has 0 saturated carbocycles. The van der Waals surface area contributed by atoms with E-state index in [4.69, 9.17) is 18.9 Å². The molecule has 0 fully saturated rings. The number of carbonyl (C=O) groups excluding carboxylic acids is 3. The minimum Gasteiger partial charge on any atom is -0.493 e. The van der Waals surface area contributed by atoms with Gasteiger partial charge in [0, 0.05) is 12.1 Å². The predicted molar refractivity (Wildman–Crippen MR) is 100 cm³/mol. The lowest BCUT2D eigenvalue weighted by Gasteiger charge is -2.20. The number of hydrogen-bond donors (Lipinski definition) is 2. The first-order valence-corrected chi connectivity index (χ1v) is 8.77. The Morgan fingerprint density at radius 2 is 1.86 bits per heavy atom. The number of ether oxygens (including phenoxy) is 4. The summed E-state index contributed by atoms with van der Waals surface area (Å²) in [5, 5.41) is 4.61. The average Bonchev–Trinajstić information content (AvgIpc) is 2.64. The van der Waals surface area contributed by atoms with E-state index >= 15 is 0 Å². The van der Waals surface area contributed by atoms with Gasteiger partial charge in [-0.15, -0.1) is 0 Å². The first kappa shape index (κ1) is 21.1. The number of urea groups is 1. The van der Waals surface area contributed by atoms with Gasteiger partial charge in [0.2, 0.25) is 5.75 Å². The SMILES string of the molecule is COc1cc(/C=C/C(=O)O[C@H](C)C(=O)NC(=O)NC(C)C)cc2c1OCCO2. The Kier molecular flexibility index (Phi) is 7.25. The van der Waals surface area contributed by atoms with Crippen molar-refractivity contribution in [3.05, 3.63) is 23.8 Å². The van der Waals surface area contributed by atoms with Crippen molar-refractivity contribution in [1.82, 2.24) is 10.6 Å². The molecule has 1 aromatic rings.